The number of hydrogen-bond acceptors (Lipinski definition) is 4. The van der Waals surface area contributed by atoms with E-state index in [1.807, 2.05) is 11.5 Å². The Labute approximate surface area is 173 Å². The van der Waals surface area contributed by atoms with E-state index >= 15 is 0 Å². The molecule has 1 heterocycles. The normalized spacial score (nSPS) is 13.0. The fourth-order valence-electron chi connectivity index (χ4n) is 2.80. The van der Waals surface area contributed by atoms with Gasteiger partial charge in [-0.2, -0.15) is 9.30 Å². The molecule has 0 aliphatic rings. The first kappa shape index (κ1) is 21.4. The van der Waals surface area contributed by atoms with Crippen molar-refractivity contribution in [3.05, 3.63) is 58.6 Å². The summed E-state index contributed by atoms with van der Waals surface area (Å²) in [6.45, 7) is 6.07. The lowest BCUT2D eigenvalue weighted by Gasteiger charge is -2.20. The van der Waals surface area contributed by atoms with Crippen molar-refractivity contribution in [3.63, 3.8) is 0 Å². The molecule has 0 saturated carbocycles. The van der Waals surface area contributed by atoms with Crippen LogP contribution in [0.4, 0.5) is 4.39 Å². The van der Waals surface area contributed by atoms with E-state index in [0.717, 1.165) is 5.52 Å². The SMILES string of the molecule is CCn1c(=NC(=O)c2ccc(S(=O)(=O)N(C)C(C)C)cc2)sc2cc(F)ccc21. The Morgan fingerprint density at radius 3 is 2.45 bits per heavy atom. The molecule has 0 bridgehead atoms. The molecule has 0 aliphatic carbocycles. The van der Waals surface area contributed by atoms with E-state index in [2.05, 4.69) is 4.99 Å². The predicted molar refractivity (Wildman–Crippen MR) is 112 cm³/mol. The van der Waals surface area contributed by atoms with Crippen molar-refractivity contribution in [2.45, 2.75) is 38.3 Å². The van der Waals surface area contributed by atoms with Crippen LogP contribution in [0.15, 0.2) is 52.4 Å². The summed E-state index contributed by atoms with van der Waals surface area (Å²) in [5.41, 5.74) is 1.09. The number of carbonyl (C=O) groups excluding carboxylic acids is 1. The lowest BCUT2D eigenvalue weighted by atomic mass is 10.2. The van der Waals surface area contributed by atoms with Gasteiger partial charge in [0, 0.05) is 25.2 Å². The number of carbonyl (C=O) groups is 1. The number of hydrogen-bond donors (Lipinski definition) is 0. The molecule has 29 heavy (non-hydrogen) atoms. The summed E-state index contributed by atoms with van der Waals surface area (Å²) in [4.78, 5) is 17.4. The van der Waals surface area contributed by atoms with Crippen molar-refractivity contribution < 1.29 is 17.6 Å². The van der Waals surface area contributed by atoms with Crippen LogP contribution in [0.2, 0.25) is 0 Å². The summed E-state index contributed by atoms with van der Waals surface area (Å²) in [6, 6.07) is 10.0. The second-order valence-corrected chi connectivity index (χ2v) is 9.80. The maximum Gasteiger partial charge on any atom is 0.279 e. The molecule has 0 saturated heterocycles. The van der Waals surface area contributed by atoms with Crippen LogP contribution in [0.5, 0.6) is 0 Å². The summed E-state index contributed by atoms with van der Waals surface area (Å²) in [6.07, 6.45) is 0. The lowest BCUT2D eigenvalue weighted by Crippen LogP contribution is -2.33. The zero-order chi connectivity index (χ0) is 21.3. The smallest absolute Gasteiger partial charge is 0.279 e. The van der Waals surface area contributed by atoms with E-state index in [1.165, 1.54) is 59.1 Å². The Balaban J connectivity index is 1.97. The van der Waals surface area contributed by atoms with Gasteiger partial charge < -0.3 is 4.57 Å². The Morgan fingerprint density at radius 2 is 1.86 bits per heavy atom. The van der Waals surface area contributed by atoms with Crippen LogP contribution in [-0.2, 0) is 16.6 Å². The molecule has 0 N–H and O–H groups in total. The third kappa shape index (κ3) is 4.17. The van der Waals surface area contributed by atoms with Crippen LogP contribution in [0.3, 0.4) is 0 Å². The molecule has 2 aromatic carbocycles. The molecule has 0 atom stereocenters. The maximum absolute atomic E-state index is 13.5. The standard InChI is InChI=1S/C20H22FN3O3S2/c1-5-24-17-11-8-15(21)12-18(17)28-20(24)22-19(25)14-6-9-16(10-7-14)29(26,27)23(4)13(2)3/h6-13H,5H2,1-4H3. The third-order valence-corrected chi connectivity index (χ3v) is 7.75. The number of aryl methyl sites for hydroxylation is 1. The van der Waals surface area contributed by atoms with Crippen molar-refractivity contribution >= 4 is 37.5 Å². The fourth-order valence-corrected chi connectivity index (χ4v) is 5.29. The van der Waals surface area contributed by atoms with Crippen LogP contribution in [0, 0.1) is 5.82 Å². The number of benzene rings is 2. The topological polar surface area (TPSA) is 71.7 Å². The number of sulfonamides is 1. The summed E-state index contributed by atoms with van der Waals surface area (Å²) in [7, 11) is -2.10. The fraction of sp³-hybridized carbons (Fsp3) is 0.300. The molecule has 6 nitrogen and oxygen atoms in total. The Morgan fingerprint density at radius 1 is 1.21 bits per heavy atom. The highest BCUT2D eigenvalue weighted by molar-refractivity contribution is 7.89. The van der Waals surface area contributed by atoms with Gasteiger partial charge in [0.05, 0.1) is 15.1 Å². The van der Waals surface area contributed by atoms with Crippen LogP contribution >= 0.6 is 11.3 Å². The molecule has 3 aromatic rings. The molecule has 0 radical (unpaired) electrons. The Kier molecular flexibility index (Phi) is 6.02. The molecule has 154 valence electrons. The minimum atomic E-state index is -3.62. The van der Waals surface area contributed by atoms with Gasteiger partial charge in [-0.1, -0.05) is 11.3 Å². The first-order chi connectivity index (χ1) is 13.6. The lowest BCUT2D eigenvalue weighted by molar-refractivity contribution is 0.0997. The average molecular weight is 436 g/mol. The number of thiazole rings is 1. The molecule has 0 fully saturated rings. The molecule has 0 spiro atoms. The zero-order valence-corrected chi connectivity index (χ0v) is 18.2. The number of amides is 1. The molecule has 9 heteroatoms. The maximum atomic E-state index is 13.5. The molecule has 1 amide bonds. The van der Waals surface area contributed by atoms with Crippen molar-refractivity contribution in [2.75, 3.05) is 7.05 Å². The van der Waals surface area contributed by atoms with Gasteiger partial charge >= 0.3 is 0 Å². The van der Waals surface area contributed by atoms with Crippen LogP contribution < -0.4 is 4.80 Å². The van der Waals surface area contributed by atoms with Gasteiger partial charge in [0.1, 0.15) is 5.82 Å². The number of aromatic nitrogens is 1. The van der Waals surface area contributed by atoms with Crippen LogP contribution in [-0.4, -0.2) is 36.3 Å². The average Bonchev–Trinajstić information content (AvgIpc) is 3.03. The van der Waals surface area contributed by atoms with E-state index < -0.39 is 15.9 Å². The van der Waals surface area contributed by atoms with E-state index in [1.54, 1.807) is 19.9 Å². The predicted octanol–water partition coefficient (Wildman–Crippen LogP) is 3.63. The largest absolute Gasteiger partial charge is 0.317 e. The second-order valence-electron chi connectivity index (χ2n) is 6.80. The first-order valence-corrected chi connectivity index (χ1v) is 11.4. The molecule has 3 rings (SSSR count). The van der Waals surface area contributed by atoms with Gasteiger partial charge in [-0.25, -0.2) is 12.8 Å². The van der Waals surface area contributed by atoms with Crippen molar-refractivity contribution in [2.24, 2.45) is 4.99 Å². The van der Waals surface area contributed by atoms with Gasteiger partial charge in [0.2, 0.25) is 10.0 Å². The second kappa shape index (κ2) is 8.17. The summed E-state index contributed by atoms with van der Waals surface area (Å²) >= 11 is 1.23. The molecular formula is C20H22FN3O3S2. The van der Waals surface area contributed by atoms with E-state index in [0.29, 0.717) is 16.0 Å². The van der Waals surface area contributed by atoms with Gasteiger partial charge in [0.25, 0.3) is 5.91 Å². The van der Waals surface area contributed by atoms with Crippen LogP contribution in [0.1, 0.15) is 31.1 Å². The summed E-state index contributed by atoms with van der Waals surface area (Å²) < 4.78 is 42.4. The Bertz CT molecular complexity index is 1230. The number of rotatable bonds is 5. The highest BCUT2D eigenvalue weighted by Crippen LogP contribution is 2.20. The number of nitrogens with zero attached hydrogens (tertiary/aromatic N) is 3. The third-order valence-electron chi connectivity index (χ3n) is 4.66. The zero-order valence-electron chi connectivity index (χ0n) is 16.6. The highest BCUT2D eigenvalue weighted by Gasteiger charge is 2.23. The van der Waals surface area contributed by atoms with Gasteiger partial charge in [-0.3, -0.25) is 4.79 Å². The van der Waals surface area contributed by atoms with Crippen molar-refractivity contribution in [3.8, 4) is 0 Å². The summed E-state index contributed by atoms with van der Waals surface area (Å²) in [5.74, 6) is -0.830. The van der Waals surface area contributed by atoms with Crippen molar-refractivity contribution in [1.29, 1.82) is 0 Å². The van der Waals surface area contributed by atoms with Crippen molar-refractivity contribution in [1.82, 2.24) is 8.87 Å². The quantitative estimate of drug-likeness (QED) is 0.614. The number of fused-ring (bicyclic) bond motifs is 1. The van der Waals surface area contributed by atoms with E-state index in [4.69, 9.17) is 0 Å². The van der Waals surface area contributed by atoms with E-state index in [-0.39, 0.29) is 22.3 Å². The molecule has 0 unspecified atom stereocenters. The highest BCUT2D eigenvalue weighted by atomic mass is 32.2. The molecular weight excluding hydrogens is 413 g/mol. The minimum Gasteiger partial charge on any atom is -0.317 e. The first-order valence-electron chi connectivity index (χ1n) is 9.11. The van der Waals surface area contributed by atoms with Gasteiger partial charge in [-0.15, -0.1) is 0 Å². The molecule has 0 aliphatic heterocycles. The monoisotopic (exact) mass is 435 g/mol. The summed E-state index contributed by atoms with van der Waals surface area (Å²) in [5, 5.41) is 0. The minimum absolute atomic E-state index is 0.117. The van der Waals surface area contributed by atoms with E-state index in [9.17, 15) is 17.6 Å². The van der Waals surface area contributed by atoms with Crippen LogP contribution in [0.25, 0.3) is 10.2 Å². The number of halogens is 1. The Hall–Kier alpha value is -2.36. The van der Waals surface area contributed by atoms with Gasteiger partial charge in [0.15, 0.2) is 4.80 Å². The molecule has 1 aromatic heterocycles. The van der Waals surface area contributed by atoms with Gasteiger partial charge in [-0.05, 0) is 63.2 Å².